The smallest absolute Gasteiger partial charge is 0.137 e. The van der Waals surface area contributed by atoms with Crippen molar-refractivity contribution < 1.29 is 4.74 Å². The average molecular weight is 712 g/mol. The monoisotopic (exact) mass is 710 g/mol. The fourth-order valence-electron chi connectivity index (χ4n) is 7.92. The highest BCUT2D eigenvalue weighted by Gasteiger charge is 2.44. The summed E-state index contributed by atoms with van der Waals surface area (Å²) in [6.07, 6.45) is 8.87. The fraction of sp³-hybridized carbons (Fsp3) is 0.333. The number of ether oxygens (including phenoxy) is 1. The minimum absolute atomic E-state index is 0.0583. The van der Waals surface area contributed by atoms with Gasteiger partial charge in [-0.15, -0.1) is 0 Å². The lowest BCUT2D eigenvalue weighted by Crippen LogP contribution is -2.49. The maximum absolute atomic E-state index is 7.16. The molecule has 0 unspecified atom stereocenters. The van der Waals surface area contributed by atoms with Crippen molar-refractivity contribution in [1.82, 2.24) is 0 Å². The average Bonchev–Trinajstić information content (AvgIpc) is 3.46. The maximum atomic E-state index is 7.16. The topological polar surface area (TPSA) is 9.23 Å². The van der Waals surface area contributed by atoms with Gasteiger partial charge in [-0.3, -0.25) is 0 Å². The standard InChI is InChI=1S/C48H55ClOSi/c1-9-12-16-33-18-14-20-35(27-33)37-22-24-40-41-25-23-38(36-21-15-19-34(28-36)17-13-10-2)30-43(41)47(42(40)29-37)51(7,8)45-32-39(48(4,5)6)31-44(49)46(45)50-26-11-3/h11,14-15,18-25,27-32,47H,3,9-10,12-13,16-17,26H2,1-2,4-8H3. The Hall–Kier alpha value is -3.85. The Labute approximate surface area is 313 Å². The van der Waals surface area contributed by atoms with Crippen molar-refractivity contribution in [2.24, 2.45) is 0 Å². The van der Waals surface area contributed by atoms with Crippen molar-refractivity contribution in [3.63, 3.8) is 0 Å². The summed E-state index contributed by atoms with van der Waals surface area (Å²) < 4.78 is 6.47. The molecule has 1 nitrogen and oxygen atoms in total. The fourth-order valence-corrected chi connectivity index (χ4v) is 11.9. The van der Waals surface area contributed by atoms with Gasteiger partial charge in [-0.05, 0) is 104 Å². The summed E-state index contributed by atoms with van der Waals surface area (Å²) in [5, 5.41) is 1.96. The van der Waals surface area contributed by atoms with Crippen molar-refractivity contribution in [1.29, 1.82) is 0 Å². The van der Waals surface area contributed by atoms with Gasteiger partial charge in [0.2, 0.25) is 0 Å². The summed E-state index contributed by atoms with van der Waals surface area (Å²) >= 11 is 7.16. The van der Waals surface area contributed by atoms with Crippen LogP contribution >= 0.6 is 11.6 Å². The zero-order valence-electron chi connectivity index (χ0n) is 31.8. The normalized spacial score (nSPS) is 12.9. The highest BCUT2D eigenvalue weighted by Crippen LogP contribution is 2.52. The van der Waals surface area contributed by atoms with E-state index in [2.05, 4.69) is 151 Å². The lowest BCUT2D eigenvalue weighted by molar-refractivity contribution is 0.366. The third-order valence-electron chi connectivity index (χ3n) is 10.8. The van der Waals surface area contributed by atoms with E-state index < -0.39 is 8.07 Å². The molecule has 0 saturated heterocycles. The molecule has 1 aliphatic carbocycles. The van der Waals surface area contributed by atoms with Crippen molar-refractivity contribution in [2.45, 2.75) is 97.2 Å². The van der Waals surface area contributed by atoms with Gasteiger partial charge in [0.25, 0.3) is 0 Å². The highest BCUT2D eigenvalue weighted by molar-refractivity contribution is 6.92. The summed E-state index contributed by atoms with van der Waals surface area (Å²) in [4.78, 5) is 0. The Kier molecular flexibility index (Phi) is 11.2. The van der Waals surface area contributed by atoms with Gasteiger partial charge in [0.1, 0.15) is 12.4 Å². The van der Waals surface area contributed by atoms with Crippen LogP contribution < -0.4 is 9.92 Å². The van der Waals surface area contributed by atoms with Crippen molar-refractivity contribution in [3.8, 4) is 39.1 Å². The summed E-state index contributed by atoms with van der Waals surface area (Å²) in [5.41, 5.74) is 14.9. The Morgan fingerprint density at radius 1 is 0.706 bits per heavy atom. The molecule has 0 atom stereocenters. The summed E-state index contributed by atoms with van der Waals surface area (Å²) in [5.74, 6) is 0.816. The van der Waals surface area contributed by atoms with Crippen LogP contribution in [-0.2, 0) is 18.3 Å². The van der Waals surface area contributed by atoms with E-state index in [9.17, 15) is 0 Å². The molecule has 6 rings (SSSR count). The molecule has 0 spiro atoms. The van der Waals surface area contributed by atoms with Crippen LogP contribution in [0.4, 0.5) is 0 Å². The molecular formula is C48H55ClOSi. The second kappa shape index (κ2) is 15.4. The largest absolute Gasteiger partial charge is 0.488 e. The van der Waals surface area contributed by atoms with Gasteiger partial charge in [-0.1, -0.05) is 176 Å². The lowest BCUT2D eigenvalue weighted by Gasteiger charge is -2.35. The summed E-state index contributed by atoms with van der Waals surface area (Å²) in [6.45, 7) is 20.7. The minimum atomic E-state index is -2.43. The molecule has 264 valence electrons. The number of halogens is 1. The predicted octanol–water partition coefficient (Wildman–Crippen LogP) is 13.5. The van der Waals surface area contributed by atoms with Gasteiger partial charge in [0.05, 0.1) is 13.1 Å². The SMILES string of the molecule is C=CCOc1c(Cl)cc(C(C)(C)C)cc1[Si](C)(C)C1c2cc(-c3cccc(CCCC)c3)ccc2-c2ccc(-c3cccc(CCCC)c3)cc21. The molecule has 0 heterocycles. The van der Waals surface area contributed by atoms with E-state index in [1.54, 1.807) is 0 Å². The van der Waals surface area contributed by atoms with Gasteiger partial charge in [0, 0.05) is 5.54 Å². The quantitative estimate of drug-likeness (QED) is 0.0873. The first-order chi connectivity index (χ1) is 24.5. The number of rotatable bonds is 13. The van der Waals surface area contributed by atoms with Crippen LogP contribution in [-0.4, -0.2) is 14.7 Å². The molecule has 51 heavy (non-hydrogen) atoms. The first kappa shape index (κ1) is 36.9. The first-order valence-electron chi connectivity index (χ1n) is 19.0. The second-order valence-corrected chi connectivity index (χ2v) is 21.0. The van der Waals surface area contributed by atoms with E-state index in [0.29, 0.717) is 11.6 Å². The summed E-state index contributed by atoms with van der Waals surface area (Å²) in [6, 6.07) is 37.3. The zero-order valence-corrected chi connectivity index (χ0v) is 33.6. The molecule has 0 saturated carbocycles. The number of aryl methyl sites for hydroxylation is 2. The maximum Gasteiger partial charge on any atom is 0.137 e. The minimum Gasteiger partial charge on any atom is -0.488 e. The molecule has 0 aromatic heterocycles. The second-order valence-electron chi connectivity index (χ2n) is 16.1. The number of fused-ring (bicyclic) bond motifs is 3. The van der Waals surface area contributed by atoms with Crippen molar-refractivity contribution in [3.05, 3.63) is 143 Å². The lowest BCUT2D eigenvalue weighted by atomic mass is 9.87. The molecule has 0 amide bonds. The molecule has 5 aromatic carbocycles. The molecule has 0 fully saturated rings. The van der Waals surface area contributed by atoms with Crippen molar-refractivity contribution >= 4 is 24.9 Å². The highest BCUT2D eigenvalue weighted by atomic mass is 35.5. The van der Waals surface area contributed by atoms with Gasteiger partial charge >= 0.3 is 0 Å². The van der Waals surface area contributed by atoms with E-state index in [1.165, 1.54) is 92.1 Å². The summed E-state index contributed by atoms with van der Waals surface area (Å²) in [7, 11) is -2.43. The zero-order chi connectivity index (χ0) is 36.3. The van der Waals surface area contributed by atoms with Gasteiger partial charge in [-0.2, -0.15) is 0 Å². The molecule has 1 aliphatic rings. The van der Waals surface area contributed by atoms with E-state index in [-0.39, 0.29) is 11.0 Å². The van der Waals surface area contributed by atoms with Crippen LogP contribution in [0, 0.1) is 0 Å². The van der Waals surface area contributed by atoms with Crippen LogP contribution in [0.15, 0.2) is 110 Å². The Morgan fingerprint density at radius 3 is 1.69 bits per heavy atom. The van der Waals surface area contributed by atoms with Crippen LogP contribution in [0.2, 0.25) is 18.1 Å². The number of unbranched alkanes of at least 4 members (excludes halogenated alkanes) is 2. The Bertz CT molecular complexity index is 1930. The Morgan fingerprint density at radius 2 is 1.22 bits per heavy atom. The molecule has 0 N–H and O–H groups in total. The predicted molar refractivity (Wildman–Crippen MR) is 225 cm³/mol. The molecule has 0 bridgehead atoms. The Balaban J connectivity index is 1.56. The van der Waals surface area contributed by atoms with Crippen LogP contribution in [0.1, 0.15) is 93.7 Å². The van der Waals surface area contributed by atoms with E-state index >= 15 is 0 Å². The van der Waals surface area contributed by atoms with Crippen LogP contribution in [0.25, 0.3) is 33.4 Å². The molecule has 0 radical (unpaired) electrons. The molecule has 3 heteroatoms. The van der Waals surface area contributed by atoms with E-state index in [4.69, 9.17) is 16.3 Å². The molecule has 5 aromatic rings. The van der Waals surface area contributed by atoms with Gasteiger partial charge in [-0.25, -0.2) is 0 Å². The van der Waals surface area contributed by atoms with Crippen LogP contribution in [0.5, 0.6) is 5.75 Å². The molecular weight excluding hydrogens is 656 g/mol. The van der Waals surface area contributed by atoms with Gasteiger partial charge in [0.15, 0.2) is 0 Å². The first-order valence-corrected chi connectivity index (χ1v) is 22.5. The number of benzene rings is 5. The van der Waals surface area contributed by atoms with E-state index in [0.717, 1.165) is 18.6 Å². The third-order valence-corrected chi connectivity index (χ3v) is 15.0. The van der Waals surface area contributed by atoms with Gasteiger partial charge < -0.3 is 4.74 Å². The van der Waals surface area contributed by atoms with Crippen molar-refractivity contribution in [2.75, 3.05) is 6.61 Å². The van der Waals surface area contributed by atoms with Crippen LogP contribution in [0.3, 0.4) is 0 Å². The third kappa shape index (κ3) is 7.69. The molecule has 0 aliphatic heterocycles. The number of hydrogen-bond donors (Lipinski definition) is 0. The van der Waals surface area contributed by atoms with E-state index in [1.807, 2.05) is 6.08 Å². The number of hydrogen-bond acceptors (Lipinski definition) is 1.